The second-order valence-corrected chi connectivity index (χ2v) is 8.04. The Kier molecular flexibility index (Phi) is 10.6. The van der Waals surface area contributed by atoms with Crippen LogP contribution in [0.3, 0.4) is 0 Å². The largest absolute Gasteiger partial charge is 0.0654 e. The summed E-state index contributed by atoms with van der Waals surface area (Å²) >= 11 is 4.90. The Bertz CT molecular complexity index is 374. The van der Waals surface area contributed by atoms with Crippen molar-refractivity contribution in [1.82, 2.24) is 0 Å². The van der Waals surface area contributed by atoms with Gasteiger partial charge in [-0.15, -0.1) is 0 Å². The van der Waals surface area contributed by atoms with Crippen LogP contribution in [0.1, 0.15) is 83.1 Å². The maximum absolute atomic E-state index is 2.47. The molecule has 1 unspecified atom stereocenters. The first-order chi connectivity index (χ1) is 9.69. The van der Waals surface area contributed by atoms with Crippen molar-refractivity contribution in [3.05, 3.63) is 30.9 Å². The highest BCUT2D eigenvalue weighted by Crippen LogP contribution is 2.30. The van der Waals surface area contributed by atoms with Crippen molar-refractivity contribution in [2.24, 2.45) is 0 Å². The van der Waals surface area contributed by atoms with E-state index in [0.717, 1.165) is 5.92 Å². The minimum Gasteiger partial charge on any atom is -0.0654 e. The Morgan fingerprint density at radius 1 is 0.800 bits per heavy atom. The van der Waals surface area contributed by atoms with Gasteiger partial charge in [-0.05, 0) is 81.6 Å². The average molecular weight is 498 g/mol. The molecular weight excluding hydrogens is 470 g/mol. The molecule has 0 radical (unpaired) electrons. The van der Waals surface area contributed by atoms with Gasteiger partial charge in [0.2, 0.25) is 0 Å². The van der Waals surface area contributed by atoms with E-state index in [1.807, 2.05) is 0 Å². The normalized spacial score (nSPS) is 12.6. The van der Waals surface area contributed by atoms with Crippen molar-refractivity contribution in [2.45, 2.75) is 77.6 Å². The molecule has 0 nitrogen and oxygen atoms in total. The summed E-state index contributed by atoms with van der Waals surface area (Å²) in [5.74, 6) is 0.781. The van der Waals surface area contributed by atoms with Gasteiger partial charge in [-0.3, -0.25) is 0 Å². The van der Waals surface area contributed by atoms with E-state index < -0.39 is 0 Å². The van der Waals surface area contributed by atoms with Crippen LogP contribution in [0.2, 0.25) is 0 Å². The molecule has 2 heteroatoms. The SMILES string of the molecule is CCCCCCC(CCCCC)c1ccc(I)c(I)c1. The number of halogens is 2. The van der Waals surface area contributed by atoms with Crippen LogP contribution in [0.5, 0.6) is 0 Å². The van der Waals surface area contributed by atoms with Crippen LogP contribution in [0.15, 0.2) is 18.2 Å². The van der Waals surface area contributed by atoms with E-state index in [1.54, 1.807) is 5.56 Å². The van der Waals surface area contributed by atoms with Gasteiger partial charge in [0, 0.05) is 7.14 Å². The Labute approximate surface area is 152 Å². The van der Waals surface area contributed by atoms with Crippen molar-refractivity contribution in [2.75, 3.05) is 0 Å². The molecule has 1 atom stereocenters. The summed E-state index contributed by atoms with van der Waals surface area (Å²) in [5, 5.41) is 0. The zero-order valence-corrected chi connectivity index (χ0v) is 17.2. The molecule has 0 spiro atoms. The molecule has 0 aliphatic carbocycles. The van der Waals surface area contributed by atoms with Crippen LogP contribution < -0.4 is 0 Å². The standard InChI is InChI=1S/C18H28I2/c1-3-5-7-9-11-15(10-8-6-4-2)16-12-13-17(19)18(20)14-16/h12-15H,3-11H2,1-2H3. The summed E-state index contributed by atoms with van der Waals surface area (Å²) in [7, 11) is 0. The fourth-order valence-corrected chi connectivity index (χ4v) is 3.58. The third kappa shape index (κ3) is 7.10. The highest BCUT2D eigenvalue weighted by Gasteiger charge is 2.12. The van der Waals surface area contributed by atoms with Gasteiger partial charge in [-0.1, -0.05) is 64.9 Å². The Morgan fingerprint density at radius 2 is 1.40 bits per heavy atom. The van der Waals surface area contributed by atoms with Crippen LogP contribution >= 0.6 is 45.2 Å². The lowest BCUT2D eigenvalue weighted by atomic mass is 9.88. The molecule has 0 aromatic heterocycles. The van der Waals surface area contributed by atoms with E-state index >= 15 is 0 Å². The Morgan fingerprint density at radius 3 is 2.00 bits per heavy atom. The van der Waals surface area contributed by atoms with Gasteiger partial charge in [0.1, 0.15) is 0 Å². The zero-order chi connectivity index (χ0) is 14.8. The minimum absolute atomic E-state index is 0.781. The van der Waals surface area contributed by atoms with E-state index in [-0.39, 0.29) is 0 Å². The van der Waals surface area contributed by atoms with Gasteiger partial charge in [0.15, 0.2) is 0 Å². The molecule has 1 aromatic rings. The second kappa shape index (κ2) is 11.3. The molecule has 0 fully saturated rings. The summed E-state index contributed by atoms with van der Waals surface area (Å²) < 4.78 is 2.79. The molecule has 114 valence electrons. The van der Waals surface area contributed by atoms with Crippen molar-refractivity contribution < 1.29 is 0 Å². The third-order valence-electron chi connectivity index (χ3n) is 3.98. The summed E-state index contributed by atoms with van der Waals surface area (Å²) in [4.78, 5) is 0. The van der Waals surface area contributed by atoms with Gasteiger partial charge in [0.25, 0.3) is 0 Å². The smallest absolute Gasteiger partial charge is 0.0266 e. The maximum atomic E-state index is 2.47. The van der Waals surface area contributed by atoms with E-state index in [4.69, 9.17) is 0 Å². The van der Waals surface area contributed by atoms with Crippen molar-refractivity contribution in [1.29, 1.82) is 0 Å². The number of rotatable bonds is 10. The third-order valence-corrected chi connectivity index (χ3v) is 6.84. The molecular formula is C18H28I2. The molecule has 0 N–H and O–H groups in total. The van der Waals surface area contributed by atoms with Crippen LogP contribution in [-0.2, 0) is 0 Å². The number of hydrogen-bond acceptors (Lipinski definition) is 0. The molecule has 1 rings (SSSR count). The van der Waals surface area contributed by atoms with Gasteiger partial charge in [-0.25, -0.2) is 0 Å². The zero-order valence-electron chi connectivity index (χ0n) is 12.9. The van der Waals surface area contributed by atoms with E-state index in [9.17, 15) is 0 Å². The Balaban J connectivity index is 2.61. The predicted molar refractivity (Wildman–Crippen MR) is 108 cm³/mol. The van der Waals surface area contributed by atoms with Crippen molar-refractivity contribution >= 4 is 45.2 Å². The molecule has 0 heterocycles. The van der Waals surface area contributed by atoms with E-state index in [1.165, 1.54) is 64.9 Å². The average Bonchev–Trinajstić information content (AvgIpc) is 2.45. The number of benzene rings is 1. The topological polar surface area (TPSA) is 0 Å². The highest BCUT2D eigenvalue weighted by molar-refractivity contribution is 14.1. The van der Waals surface area contributed by atoms with Gasteiger partial charge in [-0.2, -0.15) is 0 Å². The lowest BCUT2D eigenvalue weighted by Crippen LogP contribution is -2.01. The van der Waals surface area contributed by atoms with Crippen LogP contribution in [0.25, 0.3) is 0 Å². The molecule has 0 saturated carbocycles. The summed E-state index contributed by atoms with van der Waals surface area (Å²) in [6.45, 7) is 4.59. The fourth-order valence-electron chi connectivity index (χ4n) is 2.70. The molecule has 0 saturated heterocycles. The quantitative estimate of drug-likeness (QED) is 0.231. The van der Waals surface area contributed by atoms with E-state index in [2.05, 4.69) is 77.2 Å². The van der Waals surface area contributed by atoms with Crippen LogP contribution in [-0.4, -0.2) is 0 Å². The van der Waals surface area contributed by atoms with Gasteiger partial charge < -0.3 is 0 Å². The molecule has 1 aromatic carbocycles. The highest BCUT2D eigenvalue weighted by atomic mass is 127. The number of hydrogen-bond donors (Lipinski definition) is 0. The van der Waals surface area contributed by atoms with E-state index in [0.29, 0.717) is 0 Å². The lowest BCUT2D eigenvalue weighted by molar-refractivity contribution is 0.501. The first-order valence-electron chi connectivity index (χ1n) is 8.14. The van der Waals surface area contributed by atoms with Gasteiger partial charge in [0.05, 0.1) is 0 Å². The molecule has 0 aliphatic rings. The summed E-state index contributed by atoms with van der Waals surface area (Å²) in [6, 6.07) is 7.07. The maximum Gasteiger partial charge on any atom is 0.0266 e. The van der Waals surface area contributed by atoms with Crippen molar-refractivity contribution in [3.63, 3.8) is 0 Å². The molecule has 0 bridgehead atoms. The fraction of sp³-hybridized carbons (Fsp3) is 0.667. The Hall–Kier alpha value is 0.680. The van der Waals surface area contributed by atoms with Crippen molar-refractivity contribution in [3.8, 4) is 0 Å². The lowest BCUT2D eigenvalue weighted by Gasteiger charge is -2.18. The monoisotopic (exact) mass is 498 g/mol. The molecule has 20 heavy (non-hydrogen) atoms. The van der Waals surface area contributed by atoms with Gasteiger partial charge >= 0.3 is 0 Å². The summed E-state index contributed by atoms with van der Waals surface area (Å²) in [6.07, 6.45) is 12.4. The second-order valence-electron chi connectivity index (χ2n) is 5.72. The summed E-state index contributed by atoms with van der Waals surface area (Å²) in [5.41, 5.74) is 1.57. The van der Waals surface area contributed by atoms with Crippen LogP contribution in [0.4, 0.5) is 0 Å². The first kappa shape index (κ1) is 18.7. The molecule has 0 amide bonds. The first-order valence-corrected chi connectivity index (χ1v) is 10.3. The number of unbranched alkanes of at least 4 members (excludes halogenated alkanes) is 5. The minimum atomic E-state index is 0.781. The predicted octanol–water partition coefficient (Wildman–Crippen LogP) is 7.53. The van der Waals surface area contributed by atoms with Crippen LogP contribution in [0, 0.1) is 7.14 Å². The molecule has 0 aliphatic heterocycles.